The van der Waals surface area contributed by atoms with Crippen LogP contribution < -0.4 is 4.74 Å². The Morgan fingerprint density at radius 3 is 2.44 bits per heavy atom. The second-order valence-corrected chi connectivity index (χ2v) is 4.72. The molecule has 0 bridgehead atoms. The Kier molecular flexibility index (Phi) is 3.19. The van der Waals surface area contributed by atoms with Crippen molar-refractivity contribution in [2.75, 3.05) is 7.11 Å². The number of rotatable bonds is 3. The molecule has 0 radical (unpaired) electrons. The van der Waals surface area contributed by atoms with Gasteiger partial charge in [0.1, 0.15) is 0 Å². The van der Waals surface area contributed by atoms with Gasteiger partial charge in [-0.25, -0.2) is 4.39 Å². The van der Waals surface area contributed by atoms with Crippen LogP contribution >= 0.6 is 11.6 Å². The first-order chi connectivity index (χ1) is 8.44. The molecule has 0 atom stereocenters. The minimum Gasteiger partial charge on any atom is -0.492 e. The Labute approximate surface area is 107 Å². The number of hydrogen-bond donors (Lipinski definition) is 1. The van der Waals surface area contributed by atoms with Crippen molar-refractivity contribution in [3.05, 3.63) is 28.3 Å². The van der Waals surface area contributed by atoms with E-state index in [0.29, 0.717) is 6.42 Å². The summed E-state index contributed by atoms with van der Waals surface area (Å²) in [5.41, 5.74) is -1.56. The van der Waals surface area contributed by atoms with Crippen LogP contribution in [-0.2, 0) is 10.2 Å². The highest BCUT2D eigenvalue weighted by Crippen LogP contribution is 2.47. The number of carboxylic acid groups (broad SMARTS) is 1. The van der Waals surface area contributed by atoms with Crippen molar-refractivity contribution in [3.8, 4) is 5.75 Å². The molecule has 1 aromatic rings. The van der Waals surface area contributed by atoms with Gasteiger partial charge >= 0.3 is 5.97 Å². The van der Waals surface area contributed by atoms with E-state index in [1.165, 1.54) is 7.11 Å². The van der Waals surface area contributed by atoms with Crippen LogP contribution in [0.3, 0.4) is 0 Å². The lowest BCUT2D eigenvalue weighted by atomic mass is 9.64. The number of halogens is 3. The zero-order valence-corrected chi connectivity index (χ0v) is 10.4. The molecular weight excluding hydrogens is 266 g/mol. The Bertz CT molecular complexity index is 513. The summed E-state index contributed by atoms with van der Waals surface area (Å²) in [4.78, 5) is 11.3. The molecule has 1 aromatic carbocycles. The smallest absolute Gasteiger partial charge is 0.314 e. The van der Waals surface area contributed by atoms with E-state index in [4.69, 9.17) is 11.6 Å². The van der Waals surface area contributed by atoms with Crippen molar-refractivity contribution in [2.24, 2.45) is 0 Å². The molecular formula is C12H11ClF2O3. The zero-order valence-electron chi connectivity index (χ0n) is 9.60. The molecule has 0 aromatic heterocycles. The lowest BCUT2D eigenvalue weighted by Gasteiger charge is -2.38. The van der Waals surface area contributed by atoms with Gasteiger partial charge in [-0.15, -0.1) is 0 Å². The molecule has 1 fully saturated rings. The minimum absolute atomic E-state index is 0.126. The number of benzene rings is 1. The van der Waals surface area contributed by atoms with Gasteiger partial charge in [0, 0.05) is 5.56 Å². The van der Waals surface area contributed by atoms with E-state index >= 15 is 0 Å². The van der Waals surface area contributed by atoms with Crippen molar-refractivity contribution in [2.45, 2.75) is 24.7 Å². The molecule has 0 saturated heterocycles. The van der Waals surface area contributed by atoms with Crippen LogP contribution in [0.5, 0.6) is 5.75 Å². The summed E-state index contributed by atoms with van der Waals surface area (Å²) in [5, 5.41) is 9.08. The lowest BCUT2D eigenvalue weighted by Crippen LogP contribution is -2.43. The van der Waals surface area contributed by atoms with Crippen LogP contribution in [0.4, 0.5) is 8.78 Å². The third kappa shape index (κ3) is 1.65. The molecule has 0 unspecified atom stereocenters. The first kappa shape index (κ1) is 13.1. The molecule has 6 heteroatoms. The Morgan fingerprint density at radius 2 is 2.06 bits per heavy atom. The van der Waals surface area contributed by atoms with Crippen molar-refractivity contribution in [1.29, 1.82) is 0 Å². The maximum Gasteiger partial charge on any atom is 0.314 e. The Morgan fingerprint density at radius 1 is 1.44 bits per heavy atom. The van der Waals surface area contributed by atoms with Crippen molar-refractivity contribution >= 4 is 17.6 Å². The molecule has 3 nitrogen and oxygen atoms in total. The molecule has 0 spiro atoms. The van der Waals surface area contributed by atoms with Crippen LogP contribution in [0.1, 0.15) is 24.8 Å². The van der Waals surface area contributed by atoms with Gasteiger partial charge < -0.3 is 9.84 Å². The number of methoxy groups -OCH3 is 1. The quantitative estimate of drug-likeness (QED) is 0.863. The normalized spacial score (nSPS) is 17.1. The van der Waals surface area contributed by atoms with Crippen LogP contribution in [-0.4, -0.2) is 18.2 Å². The van der Waals surface area contributed by atoms with Gasteiger partial charge in [-0.1, -0.05) is 18.0 Å². The topological polar surface area (TPSA) is 46.5 Å². The SMILES string of the molecule is COc1c(Cl)cc(C2(C(=O)O)CCC2)c(F)c1F. The zero-order chi connectivity index (χ0) is 13.5. The van der Waals surface area contributed by atoms with Crippen LogP contribution in [0.15, 0.2) is 6.07 Å². The van der Waals surface area contributed by atoms with Gasteiger partial charge in [-0.2, -0.15) is 4.39 Å². The van der Waals surface area contributed by atoms with E-state index < -0.39 is 28.8 Å². The molecule has 0 amide bonds. The van der Waals surface area contributed by atoms with Crippen molar-refractivity contribution in [1.82, 2.24) is 0 Å². The number of hydrogen-bond acceptors (Lipinski definition) is 2. The molecule has 1 aliphatic rings. The number of aliphatic carboxylic acids is 1. The highest BCUT2D eigenvalue weighted by Gasteiger charge is 2.48. The van der Waals surface area contributed by atoms with E-state index in [0.717, 1.165) is 6.07 Å². The summed E-state index contributed by atoms with van der Waals surface area (Å²) in [6.07, 6.45) is 1.22. The fourth-order valence-electron chi connectivity index (χ4n) is 2.24. The summed E-state index contributed by atoms with van der Waals surface area (Å²) >= 11 is 5.77. The molecule has 0 aliphatic heterocycles. The van der Waals surface area contributed by atoms with Crippen molar-refractivity contribution in [3.63, 3.8) is 0 Å². The predicted molar refractivity (Wildman–Crippen MR) is 61.1 cm³/mol. The van der Waals surface area contributed by atoms with E-state index in [1.54, 1.807) is 0 Å². The van der Waals surface area contributed by atoms with Crippen LogP contribution in [0.25, 0.3) is 0 Å². The second-order valence-electron chi connectivity index (χ2n) is 4.31. The highest BCUT2D eigenvalue weighted by molar-refractivity contribution is 6.32. The van der Waals surface area contributed by atoms with Gasteiger partial charge in [0.2, 0.25) is 5.82 Å². The summed E-state index contributed by atoms with van der Waals surface area (Å²) in [7, 11) is 1.17. The average molecular weight is 277 g/mol. The molecule has 1 N–H and O–H groups in total. The Hall–Kier alpha value is -1.36. The fraction of sp³-hybridized carbons (Fsp3) is 0.417. The first-order valence-corrected chi connectivity index (χ1v) is 5.77. The number of carbonyl (C=O) groups is 1. The first-order valence-electron chi connectivity index (χ1n) is 5.39. The van der Waals surface area contributed by atoms with Crippen LogP contribution in [0, 0.1) is 11.6 Å². The molecule has 1 aliphatic carbocycles. The summed E-state index contributed by atoms with van der Waals surface area (Å²) in [5.74, 6) is -4.00. The monoisotopic (exact) mass is 276 g/mol. The standard InChI is InChI=1S/C12H11ClF2O3/c1-18-10-7(13)5-6(8(14)9(10)15)12(11(16)17)3-2-4-12/h5H,2-4H2,1H3,(H,16,17). The van der Waals surface area contributed by atoms with E-state index in [1.807, 2.05) is 0 Å². The minimum atomic E-state index is -1.36. The van der Waals surface area contributed by atoms with E-state index in [9.17, 15) is 18.7 Å². The third-order valence-electron chi connectivity index (χ3n) is 3.45. The van der Waals surface area contributed by atoms with E-state index in [-0.39, 0.29) is 23.4 Å². The van der Waals surface area contributed by atoms with Gasteiger partial charge in [-0.3, -0.25) is 4.79 Å². The maximum absolute atomic E-state index is 13.9. The molecule has 1 saturated carbocycles. The maximum atomic E-state index is 13.9. The van der Waals surface area contributed by atoms with Gasteiger partial charge in [0.15, 0.2) is 11.6 Å². The highest BCUT2D eigenvalue weighted by atomic mass is 35.5. The lowest BCUT2D eigenvalue weighted by molar-refractivity contribution is -0.147. The number of ether oxygens (including phenoxy) is 1. The molecule has 18 heavy (non-hydrogen) atoms. The van der Waals surface area contributed by atoms with Gasteiger partial charge in [0.05, 0.1) is 17.5 Å². The molecule has 0 heterocycles. The average Bonchev–Trinajstić information content (AvgIpc) is 2.23. The summed E-state index contributed by atoms with van der Waals surface area (Å²) < 4.78 is 32.3. The Balaban J connectivity index is 2.62. The van der Waals surface area contributed by atoms with Gasteiger partial charge in [0.25, 0.3) is 0 Å². The predicted octanol–water partition coefficient (Wildman–Crippen LogP) is 3.13. The third-order valence-corrected chi connectivity index (χ3v) is 3.73. The fourth-order valence-corrected chi connectivity index (χ4v) is 2.51. The largest absolute Gasteiger partial charge is 0.492 e. The van der Waals surface area contributed by atoms with Gasteiger partial charge in [-0.05, 0) is 18.9 Å². The van der Waals surface area contributed by atoms with Crippen molar-refractivity contribution < 1.29 is 23.4 Å². The van der Waals surface area contributed by atoms with E-state index in [2.05, 4.69) is 4.74 Å². The van der Waals surface area contributed by atoms with Crippen LogP contribution in [0.2, 0.25) is 5.02 Å². The summed E-state index contributed by atoms with van der Waals surface area (Å²) in [6, 6.07) is 1.14. The number of carboxylic acids is 1. The molecule has 2 rings (SSSR count). The summed E-state index contributed by atoms with van der Waals surface area (Å²) in [6.45, 7) is 0. The molecule has 98 valence electrons. The second kappa shape index (κ2) is 4.39.